The fourth-order valence-electron chi connectivity index (χ4n) is 2.39. The number of aryl methyl sites for hydroxylation is 1. The molecule has 0 aliphatic rings. The molecule has 6 heteroatoms. The number of primary amides is 1. The SMILES string of the molecule is Cc1cc(Oc2ccc(C(N)=O)cc2[N+](=O)[O-])ccc1C(C)C. The van der Waals surface area contributed by atoms with E-state index in [2.05, 4.69) is 13.8 Å². The second-order valence-electron chi connectivity index (χ2n) is 5.58. The number of benzene rings is 2. The maximum Gasteiger partial charge on any atom is 0.312 e. The van der Waals surface area contributed by atoms with Crippen LogP contribution in [0.3, 0.4) is 0 Å². The number of carbonyl (C=O) groups is 1. The molecule has 2 N–H and O–H groups in total. The van der Waals surface area contributed by atoms with Crippen molar-refractivity contribution >= 4 is 11.6 Å². The summed E-state index contributed by atoms with van der Waals surface area (Å²) in [4.78, 5) is 21.7. The molecular formula is C17H18N2O4. The molecule has 0 fully saturated rings. The lowest BCUT2D eigenvalue weighted by Crippen LogP contribution is -2.11. The number of nitro groups is 1. The number of nitrogens with two attached hydrogens (primary N) is 1. The van der Waals surface area contributed by atoms with Crippen molar-refractivity contribution in [2.45, 2.75) is 26.7 Å². The van der Waals surface area contributed by atoms with Gasteiger partial charge in [0.15, 0.2) is 0 Å². The number of ether oxygens (including phenoxy) is 1. The Hall–Kier alpha value is -2.89. The largest absolute Gasteiger partial charge is 0.450 e. The lowest BCUT2D eigenvalue weighted by molar-refractivity contribution is -0.385. The number of carbonyl (C=O) groups excluding carboxylic acids is 1. The van der Waals surface area contributed by atoms with Crippen LogP contribution in [0, 0.1) is 17.0 Å². The van der Waals surface area contributed by atoms with Crippen molar-refractivity contribution in [1.29, 1.82) is 0 Å². The molecule has 0 radical (unpaired) electrons. The first-order valence-corrected chi connectivity index (χ1v) is 7.16. The Morgan fingerprint density at radius 3 is 2.43 bits per heavy atom. The van der Waals surface area contributed by atoms with Crippen LogP contribution in [0.5, 0.6) is 11.5 Å². The molecule has 23 heavy (non-hydrogen) atoms. The van der Waals surface area contributed by atoms with Crippen LogP contribution in [-0.4, -0.2) is 10.8 Å². The number of nitrogens with zero attached hydrogens (tertiary/aromatic N) is 1. The van der Waals surface area contributed by atoms with E-state index in [1.54, 1.807) is 6.07 Å². The van der Waals surface area contributed by atoms with Crippen LogP contribution in [0.2, 0.25) is 0 Å². The second-order valence-corrected chi connectivity index (χ2v) is 5.58. The molecule has 0 atom stereocenters. The van der Waals surface area contributed by atoms with Gasteiger partial charge in [0.05, 0.1) is 4.92 Å². The lowest BCUT2D eigenvalue weighted by atomic mass is 9.98. The van der Waals surface area contributed by atoms with Crippen molar-refractivity contribution in [3.05, 3.63) is 63.2 Å². The molecule has 0 unspecified atom stereocenters. The quantitative estimate of drug-likeness (QED) is 0.668. The molecule has 0 saturated carbocycles. The number of nitro benzene ring substituents is 1. The standard InChI is InChI=1S/C17H18N2O4/c1-10(2)14-6-5-13(8-11(14)3)23-16-7-4-12(17(18)20)9-15(16)19(21)22/h4-10H,1-3H3,(H2,18,20). The third-order valence-corrected chi connectivity index (χ3v) is 3.53. The molecule has 0 heterocycles. The first-order valence-electron chi connectivity index (χ1n) is 7.16. The zero-order valence-electron chi connectivity index (χ0n) is 13.2. The number of amides is 1. The molecule has 0 saturated heterocycles. The monoisotopic (exact) mass is 314 g/mol. The fourth-order valence-corrected chi connectivity index (χ4v) is 2.39. The molecule has 0 spiro atoms. The van der Waals surface area contributed by atoms with Gasteiger partial charge < -0.3 is 10.5 Å². The van der Waals surface area contributed by atoms with Gasteiger partial charge in [0.2, 0.25) is 11.7 Å². The summed E-state index contributed by atoms with van der Waals surface area (Å²) in [5.41, 5.74) is 7.15. The minimum absolute atomic E-state index is 0.0652. The zero-order valence-corrected chi connectivity index (χ0v) is 13.2. The van der Waals surface area contributed by atoms with Gasteiger partial charge in [-0.25, -0.2) is 0 Å². The predicted octanol–water partition coefficient (Wildman–Crippen LogP) is 3.92. The van der Waals surface area contributed by atoms with Gasteiger partial charge in [0, 0.05) is 11.6 Å². The van der Waals surface area contributed by atoms with E-state index in [0.29, 0.717) is 11.7 Å². The molecule has 2 rings (SSSR count). The summed E-state index contributed by atoms with van der Waals surface area (Å²) in [6.45, 7) is 6.15. The van der Waals surface area contributed by atoms with E-state index in [-0.39, 0.29) is 17.0 Å². The average molecular weight is 314 g/mol. The highest BCUT2D eigenvalue weighted by Crippen LogP contribution is 2.33. The molecule has 0 aromatic heterocycles. The Morgan fingerprint density at radius 1 is 1.22 bits per heavy atom. The Kier molecular flexibility index (Phi) is 4.64. The van der Waals surface area contributed by atoms with Crippen LogP contribution in [0.25, 0.3) is 0 Å². The van der Waals surface area contributed by atoms with Crippen LogP contribution in [0.4, 0.5) is 5.69 Å². The summed E-state index contributed by atoms with van der Waals surface area (Å²) in [5, 5.41) is 11.2. The van der Waals surface area contributed by atoms with Crippen molar-refractivity contribution in [3.63, 3.8) is 0 Å². The Balaban J connectivity index is 2.38. The van der Waals surface area contributed by atoms with E-state index in [9.17, 15) is 14.9 Å². The van der Waals surface area contributed by atoms with E-state index in [1.807, 2.05) is 19.1 Å². The Labute approximate surface area is 134 Å². The summed E-state index contributed by atoms with van der Waals surface area (Å²) in [5.74, 6) is 0.225. The summed E-state index contributed by atoms with van der Waals surface area (Å²) in [6.07, 6.45) is 0. The number of hydrogen-bond donors (Lipinski definition) is 1. The fraction of sp³-hybridized carbons (Fsp3) is 0.235. The molecule has 1 amide bonds. The molecular weight excluding hydrogens is 296 g/mol. The van der Waals surface area contributed by atoms with E-state index in [4.69, 9.17) is 10.5 Å². The van der Waals surface area contributed by atoms with Gasteiger partial charge in [-0.3, -0.25) is 14.9 Å². The van der Waals surface area contributed by atoms with Gasteiger partial charge in [-0.1, -0.05) is 19.9 Å². The highest BCUT2D eigenvalue weighted by molar-refractivity contribution is 5.93. The average Bonchev–Trinajstić information content (AvgIpc) is 2.46. The normalized spacial score (nSPS) is 10.6. The molecule has 0 aliphatic heterocycles. The van der Waals surface area contributed by atoms with Crippen molar-refractivity contribution in [3.8, 4) is 11.5 Å². The molecule has 2 aromatic rings. The highest BCUT2D eigenvalue weighted by atomic mass is 16.6. The van der Waals surface area contributed by atoms with E-state index >= 15 is 0 Å². The Morgan fingerprint density at radius 2 is 1.91 bits per heavy atom. The number of rotatable bonds is 5. The van der Waals surface area contributed by atoms with Gasteiger partial charge >= 0.3 is 5.69 Å². The van der Waals surface area contributed by atoms with Gasteiger partial charge in [-0.2, -0.15) is 0 Å². The minimum Gasteiger partial charge on any atom is -0.450 e. The van der Waals surface area contributed by atoms with Crippen LogP contribution in [0.1, 0.15) is 41.3 Å². The van der Waals surface area contributed by atoms with Crippen molar-refractivity contribution in [1.82, 2.24) is 0 Å². The molecule has 2 aromatic carbocycles. The highest BCUT2D eigenvalue weighted by Gasteiger charge is 2.18. The summed E-state index contributed by atoms with van der Waals surface area (Å²) in [7, 11) is 0. The summed E-state index contributed by atoms with van der Waals surface area (Å²) >= 11 is 0. The lowest BCUT2D eigenvalue weighted by Gasteiger charge is -2.12. The second kappa shape index (κ2) is 6.48. The van der Waals surface area contributed by atoms with Crippen LogP contribution < -0.4 is 10.5 Å². The maximum atomic E-state index is 11.2. The number of hydrogen-bond acceptors (Lipinski definition) is 4. The first kappa shape index (κ1) is 16.5. The Bertz CT molecular complexity index is 769. The topological polar surface area (TPSA) is 95.5 Å². The van der Waals surface area contributed by atoms with Crippen molar-refractivity contribution in [2.24, 2.45) is 5.73 Å². The predicted molar refractivity (Wildman–Crippen MR) is 87.0 cm³/mol. The summed E-state index contributed by atoms with van der Waals surface area (Å²) < 4.78 is 5.63. The van der Waals surface area contributed by atoms with Gasteiger partial charge in [0.1, 0.15) is 5.75 Å². The maximum absolute atomic E-state index is 11.2. The first-order chi connectivity index (χ1) is 10.8. The van der Waals surface area contributed by atoms with E-state index in [0.717, 1.165) is 11.6 Å². The van der Waals surface area contributed by atoms with Gasteiger partial charge in [0.25, 0.3) is 0 Å². The van der Waals surface area contributed by atoms with E-state index < -0.39 is 10.8 Å². The molecule has 0 bridgehead atoms. The van der Waals surface area contributed by atoms with E-state index in [1.165, 1.54) is 17.7 Å². The smallest absolute Gasteiger partial charge is 0.312 e. The molecule has 120 valence electrons. The molecule has 0 aliphatic carbocycles. The molecule has 6 nitrogen and oxygen atoms in total. The van der Waals surface area contributed by atoms with Crippen LogP contribution >= 0.6 is 0 Å². The zero-order chi connectivity index (χ0) is 17.1. The minimum atomic E-state index is -0.725. The van der Waals surface area contributed by atoms with Gasteiger partial charge in [-0.05, 0) is 48.2 Å². The van der Waals surface area contributed by atoms with Crippen LogP contribution in [-0.2, 0) is 0 Å². The van der Waals surface area contributed by atoms with Crippen LogP contribution in [0.15, 0.2) is 36.4 Å². The van der Waals surface area contributed by atoms with Crippen molar-refractivity contribution in [2.75, 3.05) is 0 Å². The van der Waals surface area contributed by atoms with Crippen molar-refractivity contribution < 1.29 is 14.5 Å². The third kappa shape index (κ3) is 3.66. The summed E-state index contributed by atoms with van der Waals surface area (Å²) in [6, 6.07) is 9.45. The van der Waals surface area contributed by atoms with Gasteiger partial charge in [-0.15, -0.1) is 0 Å². The third-order valence-electron chi connectivity index (χ3n) is 3.53.